The van der Waals surface area contributed by atoms with Crippen molar-refractivity contribution in [2.45, 2.75) is 72.0 Å². The summed E-state index contributed by atoms with van der Waals surface area (Å²) in [5.74, 6) is 0. The minimum absolute atomic E-state index is 0.406. The molecule has 1 fully saturated rings. The van der Waals surface area contributed by atoms with Crippen LogP contribution in [0.15, 0.2) is 0 Å². The summed E-state index contributed by atoms with van der Waals surface area (Å²) in [5.41, 5.74) is 1.28. The highest BCUT2D eigenvalue weighted by Crippen LogP contribution is 2.28. The van der Waals surface area contributed by atoms with Crippen molar-refractivity contribution < 1.29 is 0 Å². The lowest BCUT2D eigenvalue weighted by Gasteiger charge is -2.36. The van der Waals surface area contributed by atoms with E-state index in [1.165, 1.54) is 41.4 Å². The number of hydrogen-bond acceptors (Lipinski definition) is 4. The van der Waals surface area contributed by atoms with E-state index in [1.807, 2.05) is 11.3 Å². The maximum absolute atomic E-state index is 4.76. The lowest BCUT2D eigenvalue weighted by Crippen LogP contribution is -2.46. The zero-order valence-electron chi connectivity index (χ0n) is 13.6. The van der Waals surface area contributed by atoms with Gasteiger partial charge in [0.2, 0.25) is 0 Å². The molecule has 2 atom stereocenters. The van der Waals surface area contributed by atoms with Gasteiger partial charge in [0, 0.05) is 23.5 Å². The number of thiazole rings is 1. The molecule has 0 aliphatic carbocycles. The highest BCUT2D eigenvalue weighted by atomic mass is 32.1. The molecule has 4 heteroatoms. The summed E-state index contributed by atoms with van der Waals surface area (Å²) in [7, 11) is 0. The van der Waals surface area contributed by atoms with E-state index in [-0.39, 0.29) is 0 Å². The van der Waals surface area contributed by atoms with Gasteiger partial charge in [0.1, 0.15) is 0 Å². The van der Waals surface area contributed by atoms with Crippen molar-refractivity contribution in [2.75, 3.05) is 13.1 Å². The van der Waals surface area contributed by atoms with Gasteiger partial charge in [-0.1, -0.05) is 6.42 Å². The lowest BCUT2D eigenvalue weighted by molar-refractivity contribution is 0.135. The van der Waals surface area contributed by atoms with Crippen molar-refractivity contribution in [3.05, 3.63) is 15.6 Å². The predicted molar refractivity (Wildman–Crippen MR) is 87.5 cm³/mol. The number of nitrogens with one attached hydrogen (secondary N) is 1. The molecule has 20 heavy (non-hydrogen) atoms. The van der Waals surface area contributed by atoms with Gasteiger partial charge in [0.25, 0.3) is 0 Å². The normalized spacial score (nSPS) is 21.6. The molecule has 1 aliphatic heterocycles. The van der Waals surface area contributed by atoms with Crippen LogP contribution in [0.5, 0.6) is 0 Å². The van der Waals surface area contributed by atoms with Crippen LogP contribution in [-0.2, 0) is 0 Å². The highest BCUT2D eigenvalue weighted by molar-refractivity contribution is 7.11. The summed E-state index contributed by atoms with van der Waals surface area (Å²) in [5, 5.41) is 4.86. The van der Waals surface area contributed by atoms with Gasteiger partial charge in [0.05, 0.1) is 16.7 Å². The zero-order valence-corrected chi connectivity index (χ0v) is 14.4. The summed E-state index contributed by atoms with van der Waals surface area (Å²) in [6.45, 7) is 13.5. The number of hydrogen-bond donors (Lipinski definition) is 1. The van der Waals surface area contributed by atoms with E-state index in [2.05, 4.69) is 44.8 Å². The highest BCUT2D eigenvalue weighted by Gasteiger charge is 2.26. The molecule has 0 spiro atoms. The maximum atomic E-state index is 4.76. The van der Waals surface area contributed by atoms with Gasteiger partial charge in [-0.05, 0) is 54.0 Å². The Hall–Kier alpha value is -0.450. The van der Waals surface area contributed by atoms with E-state index in [0.717, 1.165) is 6.54 Å². The van der Waals surface area contributed by atoms with Crippen LogP contribution in [-0.4, -0.2) is 35.1 Å². The molecule has 3 nitrogen and oxygen atoms in total. The summed E-state index contributed by atoms with van der Waals surface area (Å²) in [6.07, 6.45) is 4.01. The van der Waals surface area contributed by atoms with Crippen LogP contribution < -0.4 is 5.32 Å². The van der Waals surface area contributed by atoms with Crippen molar-refractivity contribution in [3.8, 4) is 0 Å². The van der Waals surface area contributed by atoms with Crippen LogP contribution >= 0.6 is 11.3 Å². The third-order valence-corrected chi connectivity index (χ3v) is 5.24. The molecule has 0 radical (unpaired) electrons. The number of rotatable bonds is 5. The molecular weight excluding hydrogens is 266 g/mol. The largest absolute Gasteiger partial charge is 0.313 e. The lowest BCUT2D eigenvalue weighted by atomic mass is 10.0. The van der Waals surface area contributed by atoms with Gasteiger partial charge in [0.15, 0.2) is 0 Å². The minimum atomic E-state index is 0.406. The Morgan fingerprint density at radius 1 is 1.30 bits per heavy atom. The van der Waals surface area contributed by atoms with Gasteiger partial charge in [-0.2, -0.15) is 0 Å². The SMILES string of the molecule is Cc1nc(C(C)N(CC2CCCCN2)C(C)C)c(C)s1. The number of nitrogens with zero attached hydrogens (tertiary/aromatic N) is 2. The van der Waals surface area contributed by atoms with Crippen molar-refractivity contribution in [1.82, 2.24) is 15.2 Å². The summed E-state index contributed by atoms with van der Waals surface area (Å²) < 4.78 is 0. The van der Waals surface area contributed by atoms with E-state index < -0.39 is 0 Å². The summed E-state index contributed by atoms with van der Waals surface area (Å²) in [6, 6.07) is 1.60. The standard InChI is InChI=1S/C16H29N3S/c1-11(2)19(10-15-8-6-7-9-17-15)12(3)16-13(4)20-14(5)18-16/h11-12,15,17H,6-10H2,1-5H3. The first kappa shape index (κ1) is 15.9. The van der Waals surface area contributed by atoms with Gasteiger partial charge in [-0.3, -0.25) is 4.90 Å². The Balaban J connectivity index is 2.09. The monoisotopic (exact) mass is 295 g/mol. The molecule has 0 amide bonds. The maximum Gasteiger partial charge on any atom is 0.0900 e. The topological polar surface area (TPSA) is 28.2 Å². The second-order valence-corrected chi connectivity index (χ2v) is 7.69. The first-order valence-corrected chi connectivity index (χ1v) is 8.73. The summed E-state index contributed by atoms with van der Waals surface area (Å²) in [4.78, 5) is 8.74. The van der Waals surface area contributed by atoms with Crippen LogP contribution in [0.4, 0.5) is 0 Å². The van der Waals surface area contributed by atoms with Gasteiger partial charge >= 0.3 is 0 Å². The Kier molecular flexibility index (Phi) is 5.58. The molecule has 1 aliphatic rings. The molecule has 0 saturated carbocycles. The predicted octanol–water partition coefficient (Wildman–Crippen LogP) is 3.67. The average molecular weight is 295 g/mol. The average Bonchev–Trinajstić information content (AvgIpc) is 2.75. The molecule has 0 aromatic carbocycles. The van der Waals surface area contributed by atoms with Crippen molar-refractivity contribution in [1.29, 1.82) is 0 Å². The van der Waals surface area contributed by atoms with Crippen molar-refractivity contribution in [2.24, 2.45) is 0 Å². The Morgan fingerprint density at radius 3 is 2.55 bits per heavy atom. The third kappa shape index (κ3) is 3.80. The number of aryl methyl sites for hydroxylation is 2. The van der Waals surface area contributed by atoms with E-state index in [9.17, 15) is 0 Å². The molecule has 1 saturated heterocycles. The second kappa shape index (κ2) is 7.01. The van der Waals surface area contributed by atoms with Crippen LogP contribution in [0, 0.1) is 13.8 Å². The van der Waals surface area contributed by atoms with Gasteiger partial charge < -0.3 is 5.32 Å². The van der Waals surface area contributed by atoms with Crippen molar-refractivity contribution in [3.63, 3.8) is 0 Å². The first-order valence-electron chi connectivity index (χ1n) is 7.92. The molecule has 2 rings (SSSR count). The zero-order chi connectivity index (χ0) is 14.7. The van der Waals surface area contributed by atoms with Crippen LogP contribution in [0.25, 0.3) is 0 Å². The Labute approximate surface area is 127 Å². The van der Waals surface area contributed by atoms with Crippen LogP contribution in [0.3, 0.4) is 0 Å². The van der Waals surface area contributed by atoms with Gasteiger partial charge in [-0.15, -0.1) is 11.3 Å². The fourth-order valence-electron chi connectivity index (χ4n) is 3.24. The molecule has 2 heterocycles. The fraction of sp³-hybridized carbons (Fsp3) is 0.812. The molecular formula is C16H29N3S. The third-order valence-electron chi connectivity index (χ3n) is 4.34. The van der Waals surface area contributed by atoms with Crippen molar-refractivity contribution >= 4 is 11.3 Å². The van der Waals surface area contributed by atoms with E-state index in [0.29, 0.717) is 18.1 Å². The Bertz CT molecular complexity index is 421. The summed E-state index contributed by atoms with van der Waals surface area (Å²) >= 11 is 1.82. The molecule has 1 aromatic rings. The van der Waals surface area contributed by atoms with E-state index in [1.54, 1.807) is 0 Å². The fourth-order valence-corrected chi connectivity index (χ4v) is 4.15. The minimum Gasteiger partial charge on any atom is -0.313 e. The first-order chi connectivity index (χ1) is 9.49. The molecule has 114 valence electrons. The molecule has 1 N–H and O–H groups in total. The smallest absolute Gasteiger partial charge is 0.0900 e. The number of aromatic nitrogens is 1. The van der Waals surface area contributed by atoms with Gasteiger partial charge in [-0.25, -0.2) is 4.98 Å². The molecule has 0 bridgehead atoms. The van der Waals surface area contributed by atoms with Crippen LogP contribution in [0.1, 0.15) is 61.7 Å². The second-order valence-electron chi connectivity index (χ2n) is 6.29. The van der Waals surface area contributed by atoms with E-state index in [4.69, 9.17) is 4.98 Å². The quantitative estimate of drug-likeness (QED) is 0.898. The Morgan fingerprint density at radius 2 is 2.05 bits per heavy atom. The van der Waals surface area contributed by atoms with Crippen LogP contribution in [0.2, 0.25) is 0 Å². The number of piperidine rings is 1. The molecule has 2 unspecified atom stereocenters. The molecule has 1 aromatic heterocycles. The van der Waals surface area contributed by atoms with E-state index >= 15 is 0 Å².